The van der Waals surface area contributed by atoms with E-state index >= 15 is 0 Å². The Hall–Kier alpha value is -3.12. The Morgan fingerprint density at radius 1 is 0.909 bits per heavy atom. The molecule has 3 aromatic rings. The van der Waals surface area contributed by atoms with Gasteiger partial charge in [-0.3, -0.25) is 9.10 Å². The first-order valence-electron chi connectivity index (χ1n) is 11.1. The fourth-order valence-corrected chi connectivity index (χ4v) is 4.90. The van der Waals surface area contributed by atoms with Crippen molar-refractivity contribution < 1.29 is 13.2 Å². The molecule has 0 saturated heterocycles. The highest BCUT2D eigenvalue weighted by Crippen LogP contribution is 2.28. The minimum atomic E-state index is -3.49. The normalized spacial score (nSPS) is 12.3. The first-order chi connectivity index (χ1) is 15.6. The lowest BCUT2D eigenvalue weighted by Gasteiger charge is -2.26. The topological polar surface area (TPSA) is 66.5 Å². The van der Waals surface area contributed by atoms with Gasteiger partial charge >= 0.3 is 0 Å². The Balaban J connectivity index is 1.75. The van der Waals surface area contributed by atoms with Crippen molar-refractivity contribution in [2.24, 2.45) is 0 Å². The molecule has 1 N–H and O–H groups in total. The molecule has 174 valence electrons. The predicted octanol–water partition coefficient (Wildman–Crippen LogP) is 5.32. The number of carbonyl (C=O) groups excluding carboxylic acids is 1. The highest BCUT2D eigenvalue weighted by molar-refractivity contribution is 7.92. The van der Waals surface area contributed by atoms with Crippen molar-refractivity contribution in [1.29, 1.82) is 0 Å². The van der Waals surface area contributed by atoms with Crippen molar-refractivity contribution >= 4 is 21.6 Å². The fraction of sp³-hybridized carbons (Fsp3) is 0.296. The van der Waals surface area contributed by atoms with Gasteiger partial charge in [0.1, 0.15) is 0 Å². The molecule has 0 aliphatic heterocycles. The number of benzene rings is 3. The monoisotopic (exact) mass is 464 g/mol. The standard InChI is InChI=1S/C27H32N2O3S/c1-6-22-10-14-24(15-11-22)21(4)28-27(30)25-16-12-23(13-17-25)18-29(33(5,31)32)26-19(2)8-7-9-20(26)3/h7-17,21H,6,18H2,1-5H3,(H,28,30). The summed E-state index contributed by atoms with van der Waals surface area (Å²) in [6.45, 7) is 8.09. The van der Waals surface area contributed by atoms with Crippen LogP contribution in [0.3, 0.4) is 0 Å². The molecule has 0 bridgehead atoms. The van der Waals surface area contributed by atoms with Crippen molar-refractivity contribution in [3.05, 3.63) is 100 Å². The maximum Gasteiger partial charge on any atom is 0.251 e. The third kappa shape index (κ3) is 6.02. The molecule has 0 aromatic heterocycles. The van der Waals surface area contributed by atoms with Gasteiger partial charge < -0.3 is 5.32 Å². The largest absolute Gasteiger partial charge is 0.346 e. The van der Waals surface area contributed by atoms with Gasteiger partial charge in [-0.2, -0.15) is 0 Å². The first kappa shape index (κ1) is 24.5. The molecule has 6 heteroatoms. The number of aryl methyl sites for hydroxylation is 3. The van der Waals surface area contributed by atoms with Crippen LogP contribution < -0.4 is 9.62 Å². The molecule has 1 atom stereocenters. The summed E-state index contributed by atoms with van der Waals surface area (Å²) in [6.07, 6.45) is 2.20. The molecule has 0 spiro atoms. The zero-order chi connectivity index (χ0) is 24.2. The van der Waals surface area contributed by atoms with Crippen molar-refractivity contribution in [2.75, 3.05) is 10.6 Å². The number of anilines is 1. The van der Waals surface area contributed by atoms with E-state index in [2.05, 4.69) is 24.4 Å². The van der Waals surface area contributed by atoms with Crippen LogP contribution in [0.15, 0.2) is 66.7 Å². The number of rotatable bonds is 8. The van der Waals surface area contributed by atoms with Crippen LogP contribution in [0.5, 0.6) is 0 Å². The molecule has 1 amide bonds. The van der Waals surface area contributed by atoms with E-state index in [9.17, 15) is 13.2 Å². The van der Waals surface area contributed by atoms with Gasteiger partial charge in [-0.05, 0) is 67.1 Å². The summed E-state index contributed by atoms with van der Waals surface area (Å²) in [5.41, 5.74) is 6.16. The minimum Gasteiger partial charge on any atom is -0.346 e. The van der Waals surface area contributed by atoms with Gasteiger partial charge in [0.15, 0.2) is 0 Å². The molecule has 0 saturated carbocycles. The Bertz CT molecular complexity index is 1200. The number of carbonyl (C=O) groups is 1. The van der Waals surface area contributed by atoms with Gasteiger partial charge in [0.25, 0.3) is 5.91 Å². The van der Waals surface area contributed by atoms with Crippen molar-refractivity contribution in [2.45, 2.75) is 46.7 Å². The minimum absolute atomic E-state index is 0.118. The van der Waals surface area contributed by atoms with Gasteiger partial charge in [-0.1, -0.05) is 61.5 Å². The summed E-state index contributed by atoms with van der Waals surface area (Å²) in [4.78, 5) is 12.7. The zero-order valence-corrected chi connectivity index (χ0v) is 20.7. The Labute approximate surface area is 197 Å². The summed E-state index contributed by atoms with van der Waals surface area (Å²) < 4.78 is 26.6. The molecule has 0 heterocycles. The van der Waals surface area contributed by atoms with Crippen LogP contribution in [0.1, 0.15) is 58.1 Å². The molecule has 0 aliphatic carbocycles. The molecule has 1 unspecified atom stereocenters. The number of sulfonamides is 1. The van der Waals surface area contributed by atoms with Crippen molar-refractivity contribution in [1.82, 2.24) is 5.32 Å². The number of nitrogens with zero attached hydrogens (tertiary/aromatic N) is 1. The van der Waals surface area contributed by atoms with E-state index in [0.29, 0.717) is 11.3 Å². The second-order valence-corrected chi connectivity index (χ2v) is 10.4. The van der Waals surface area contributed by atoms with E-state index in [1.54, 1.807) is 24.3 Å². The van der Waals surface area contributed by atoms with Crippen LogP contribution >= 0.6 is 0 Å². The molecule has 3 rings (SSSR count). The van der Waals surface area contributed by atoms with E-state index in [4.69, 9.17) is 0 Å². The van der Waals surface area contributed by atoms with Crippen molar-refractivity contribution in [3.63, 3.8) is 0 Å². The summed E-state index contributed by atoms with van der Waals surface area (Å²) in [5, 5.41) is 3.03. The number of amides is 1. The average molecular weight is 465 g/mol. The van der Waals surface area contributed by atoms with Crippen LogP contribution in [0.25, 0.3) is 0 Å². The SMILES string of the molecule is CCc1ccc(C(C)NC(=O)c2ccc(CN(c3c(C)cccc3C)S(C)(=O)=O)cc2)cc1. The van der Waals surface area contributed by atoms with Gasteiger partial charge in [-0.15, -0.1) is 0 Å². The van der Waals surface area contributed by atoms with Gasteiger partial charge in [0.05, 0.1) is 24.5 Å². The summed E-state index contributed by atoms with van der Waals surface area (Å²) in [7, 11) is -3.49. The van der Waals surface area contributed by atoms with Crippen molar-refractivity contribution in [3.8, 4) is 0 Å². The molecular formula is C27H32N2O3S. The average Bonchev–Trinajstić information content (AvgIpc) is 2.78. The maximum atomic E-state index is 12.7. The van der Waals surface area contributed by atoms with Gasteiger partial charge in [-0.25, -0.2) is 8.42 Å². The third-order valence-corrected chi connectivity index (χ3v) is 6.98. The predicted molar refractivity (Wildman–Crippen MR) is 135 cm³/mol. The lowest BCUT2D eigenvalue weighted by atomic mass is 10.0. The van der Waals surface area contributed by atoms with Crippen LogP contribution in [-0.2, 0) is 23.0 Å². The van der Waals surface area contributed by atoms with E-state index in [-0.39, 0.29) is 18.5 Å². The van der Waals surface area contributed by atoms with Crippen LogP contribution in [-0.4, -0.2) is 20.6 Å². The van der Waals surface area contributed by atoms with Crippen LogP contribution in [0.4, 0.5) is 5.69 Å². The second kappa shape index (κ2) is 10.2. The molecular weight excluding hydrogens is 432 g/mol. The highest BCUT2D eigenvalue weighted by Gasteiger charge is 2.21. The lowest BCUT2D eigenvalue weighted by Crippen LogP contribution is -2.30. The number of hydrogen-bond donors (Lipinski definition) is 1. The molecule has 0 fully saturated rings. The Morgan fingerprint density at radius 2 is 1.45 bits per heavy atom. The molecule has 0 radical (unpaired) electrons. The smallest absolute Gasteiger partial charge is 0.251 e. The summed E-state index contributed by atoms with van der Waals surface area (Å²) >= 11 is 0. The van der Waals surface area contributed by atoms with E-state index in [1.165, 1.54) is 16.1 Å². The quantitative estimate of drug-likeness (QED) is 0.490. The van der Waals surface area contributed by atoms with Crippen LogP contribution in [0.2, 0.25) is 0 Å². The molecule has 3 aromatic carbocycles. The Morgan fingerprint density at radius 3 is 1.97 bits per heavy atom. The fourth-order valence-electron chi connectivity index (χ4n) is 3.89. The highest BCUT2D eigenvalue weighted by atomic mass is 32.2. The van der Waals surface area contributed by atoms with E-state index in [0.717, 1.165) is 28.7 Å². The zero-order valence-electron chi connectivity index (χ0n) is 19.9. The number of nitrogens with one attached hydrogen (secondary N) is 1. The second-order valence-electron chi connectivity index (χ2n) is 8.50. The third-order valence-electron chi connectivity index (χ3n) is 5.87. The summed E-state index contributed by atoms with van der Waals surface area (Å²) in [6, 6.07) is 21.0. The van der Waals surface area contributed by atoms with E-state index in [1.807, 2.05) is 51.1 Å². The van der Waals surface area contributed by atoms with Gasteiger partial charge in [0.2, 0.25) is 10.0 Å². The summed E-state index contributed by atoms with van der Waals surface area (Å²) in [5.74, 6) is -0.164. The molecule has 5 nitrogen and oxygen atoms in total. The van der Waals surface area contributed by atoms with Gasteiger partial charge in [0, 0.05) is 5.56 Å². The number of hydrogen-bond acceptors (Lipinski definition) is 3. The maximum absolute atomic E-state index is 12.7. The lowest BCUT2D eigenvalue weighted by molar-refractivity contribution is 0.0940. The number of para-hydroxylation sites is 1. The molecule has 33 heavy (non-hydrogen) atoms. The van der Waals surface area contributed by atoms with E-state index < -0.39 is 10.0 Å². The first-order valence-corrected chi connectivity index (χ1v) is 13.0. The van der Waals surface area contributed by atoms with Crippen LogP contribution in [0, 0.1) is 13.8 Å². The Kier molecular flexibility index (Phi) is 7.59. The molecule has 0 aliphatic rings.